The summed E-state index contributed by atoms with van der Waals surface area (Å²) in [5, 5.41) is 0.841. The number of ether oxygens (including phenoxy) is 1. The number of alkyl halides is 3. The first-order chi connectivity index (χ1) is 12.4. The van der Waals surface area contributed by atoms with E-state index in [1.165, 1.54) is 11.6 Å². The molecule has 0 spiro atoms. The monoisotopic (exact) mass is 362 g/mol. The third kappa shape index (κ3) is 4.15. The molecule has 5 heteroatoms. The Hall–Kier alpha value is -2.56. The topological polar surface area (TPSA) is 9.23 Å². The summed E-state index contributed by atoms with van der Waals surface area (Å²) in [6.07, 6.45) is -2.41. The summed E-state index contributed by atoms with van der Waals surface area (Å²) in [6.45, 7) is 0.607. The van der Waals surface area contributed by atoms with E-state index in [1.54, 1.807) is 18.2 Å². The Bertz CT molecular complexity index is 898. The molecule has 0 amide bonds. The van der Waals surface area contributed by atoms with Gasteiger partial charge in [-0.3, -0.25) is 0 Å². The minimum atomic E-state index is -4.50. The normalized spacial score (nSPS) is 11.7. The molecule has 3 aromatic carbocycles. The van der Waals surface area contributed by atoms with E-state index in [2.05, 4.69) is 23.8 Å². The van der Waals surface area contributed by atoms with E-state index >= 15 is 0 Å². The Morgan fingerprint density at radius 1 is 0.885 bits per heavy atom. The van der Waals surface area contributed by atoms with Crippen molar-refractivity contribution in [1.29, 1.82) is 0 Å². The molecule has 0 radical (unpaired) electrons. The van der Waals surface area contributed by atoms with Crippen molar-refractivity contribution < 1.29 is 22.3 Å². The Balaban J connectivity index is 1.89. The number of benzene rings is 3. The minimum Gasteiger partial charge on any atom is -0.481 e. The van der Waals surface area contributed by atoms with Crippen LogP contribution in [0.5, 0.6) is 5.75 Å². The molecule has 3 rings (SSSR count). The van der Waals surface area contributed by atoms with Crippen molar-refractivity contribution in [2.45, 2.75) is 25.9 Å². The van der Waals surface area contributed by atoms with Crippen LogP contribution in [-0.2, 0) is 6.42 Å². The number of hydrogen-bond acceptors (Lipinski definition) is 1. The van der Waals surface area contributed by atoms with Crippen molar-refractivity contribution in [2.24, 2.45) is 0 Å². The second-order valence-corrected chi connectivity index (χ2v) is 6.16. The molecular weight excluding hydrogens is 344 g/mol. The lowest BCUT2D eigenvalue weighted by molar-refractivity contribution is -0.153. The first kappa shape index (κ1) is 18.2. The fourth-order valence-electron chi connectivity index (χ4n) is 2.88. The summed E-state index contributed by atoms with van der Waals surface area (Å²) in [5.74, 6) is -1.18. The number of rotatable bonds is 5. The van der Waals surface area contributed by atoms with E-state index in [4.69, 9.17) is 0 Å². The number of halogens is 4. The van der Waals surface area contributed by atoms with Crippen molar-refractivity contribution >= 4 is 10.8 Å². The highest BCUT2D eigenvalue weighted by Gasteiger charge is 2.29. The van der Waals surface area contributed by atoms with E-state index in [1.807, 2.05) is 18.2 Å². The highest BCUT2D eigenvalue weighted by atomic mass is 19.4. The first-order valence-electron chi connectivity index (χ1n) is 8.38. The summed E-state index contributed by atoms with van der Waals surface area (Å²) >= 11 is 0. The van der Waals surface area contributed by atoms with Gasteiger partial charge in [0, 0.05) is 5.39 Å². The van der Waals surface area contributed by atoms with Crippen LogP contribution in [0, 0.1) is 5.82 Å². The van der Waals surface area contributed by atoms with Crippen LogP contribution in [0.15, 0.2) is 54.6 Å². The highest BCUT2D eigenvalue weighted by Crippen LogP contribution is 2.31. The average Bonchev–Trinajstić information content (AvgIpc) is 2.61. The van der Waals surface area contributed by atoms with Crippen LogP contribution in [0.4, 0.5) is 17.6 Å². The van der Waals surface area contributed by atoms with Gasteiger partial charge in [0.15, 0.2) is 18.2 Å². The second-order valence-electron chi connectivity index (χ2n) is 6.16. The molecule has 0 aliphatic rings. The van der Waals surface area contributed by atoms with Gasteiger partial charge in [0.25, 0.3) is 0 Å². The van der Waals surface area contributed by atoms with Crippen LogP contribution < -0.4 is 4.74 Å². The molecule has 0 aliphatic heterocycles. The Labute approximate surface area is 149 Å². The lowest BCUT2D eigenvalue weighted by atomic mass is 9.99. The molecule has 0 aliphatic carbocycles. The van der Waals surface area contributed by atoms with E-state index in [0.717, 1.165) is 24.0 Å². The van der Waals surface area contributed by atoms with Gasteiger partial charge in [0.05, 0.1) is 0 Å². The highest BCUT2D eigenvalue weighted by molar-refractivity contribution is 5.89. The number of aryl methyl sites for hydroxylation is 1. The van der Waals surface area contributed by atoms with Crippen LogP contribution in [-0.4, -0.2) is 12.8 Å². The predicted octanol–water partition coefficient (Wildman–Crippen LogP) is 6.54. The lowest BCUT2D eigenvalue weighted by Gasteiger charge is -2.12. The zero-order chi connectivity index (χ0) is 18.7. The summed E-state index contributed by atoms with van der Waals surface area (Å²) in [4.78, 5) is 0. The standard InChI is InChI=1S/C21H18F4O/c1-2-3-14-4-6-15(7-5-14)16-8-10-18-17(12-16)9-11-19(20(18)22)26-13-21(23,24)25/h4-12H,2-3,13H2,1H3. The molecule has 0 N–H and O–H groups in total. The zero-order valence-electron chi connectivity index (χ0n) is 14.2. The molecule has 3 aromatic rings. The van der Waals surface area contributed by atoms with Gasteiger partial charge in [0.2, 0.25) is 0 Å². The second kappa shape index (κ2) is 7.36. The third-order valence-corrected chi connectivity index (χ3v) is 4.14. The van der Waals surface area contributed by atoms with Gasteiger partial charge in [-0.2, -0.15) is 13.2 Å². The van der Waals surface area contributed by atoms with Gasteiger partial charge in [-0.05, 0) is 40.6 Å². The van der Waals surface area contributed by atoms with Crippen LogP contribution in [0.25, 0.3) is 21.9 Å². The Morgan fingerprint density at radius 2 is 1.58 bits per heavy atom. The maximum absolute atomic E-state index is 14.4. The van der Waals surface area contributed by atoms with Gasteiger partial charge in [-0.15, -0.1) is 0 Å². The molecule has 0 aromatic heterocycles. The average molecular weight is 362 g/mol. The molecule has 136 valence electrons. The Kier molecular flexibility index (Phi) is 5.16. The van der Waals surface area contributed by atoms with Gasteiger partial charge in [0.1, 0.15) is 0 Å². The van der Waals surface area contributed by atoms with Crippen molar-refractivity contribution in [3.8, 4) is 16.9 Å². The molecule has 0 bridgehead atoms. The fourth-order valence-corrected chi connectivity index (χ4v) is 2.88. The molecule has 0 saturated carbocycles. The van der Waals surface area contributed by atoms with Crippen LogP contribution in [0.3, 0.4) is 0 Å². The van der Waals surface area contributed by atoms with Crippen LogP contribution in [0.1, 0.15) is 18.9 Å². The molecule has 0 atom stereocenters. The van der Waals surface area contributed by atoms with Crippen molar-refractivity contribution in [3.05, 3.63) is 66.0 Å². The minimum absolute atomic E-state index is 0.232. The molecule has 0 saturated heterocycles. The molecule has 0 heterocycles. The van der Waals surface area contributed by atoms with Crippen LogP contribution >= 0.6 is 0 Å². The predicted molar refractivity (Wildman–Crippen MR) is 94.9 cm³/mol. The van der Waals surface area contributed by atoms with Crippen molar-refractivity contribution in [3.63, 3.8) is 0 Å². The molecule has 0 fully saturated rings. The van der Waals surface area contributed by atoms with E-state index < -0.39 is 24.3 Å². The summed E-state index contributed by atoms with van der Waals surface area (Å²) < 4.78 is 55.8. The molecule has 0 unspecified atom stereocenters. The van der Waals surface area contributed by atoms with Crippen LogP contribution in [0.2, 0.25) is 0 Å². The number of fused-ring (bicyclic) bond motifs is 1. The molecule has 26 heavy (non-hydrogen) atoms. The van der Waals surface area contributed by atoms with E-state index in [0.29, 0.717) is 5.39 Å². The first-order valence-corrected chi connectivity index (χ1v) is 8.38. The van der Waals surface area contributed by atoms with Gasteiger partial charge in [-0.25, -0.2) is 4.39 Å². The molecule has 1 nitrogen and oxygen atoms in total. The zero-order valence-corrected chi connectivity index (χ0v) is 14.2. The van der Waals surface area contributed by atoms with Crippen molar-refractivity contribution in [1.82, 2.24) is 0 Å². The number of hydrogen-bond donors (Lipinski definition) is 0. The van der Waals surface area contributed by atoms with Crippen molar-refractivity contribution in [2.75, 3.05) is 6.61 Å². The van der Waals surface area contributed by atoms with E-state index in [9.17, 15) is 17.6 Å². The summed E-state index contributed by atoms with van der Waals surface area (Å²) in [5.41, 5.74) is 3.18. The summed E-state index contributed by atoms with van der Waals surface area (Å²) in [6, 6.07) is 16.1. The van der Waals surface area contributed by atoms with E-state index in [-0.39, 0.29) is 5.39 Å². The maximum Gasteiger partial charge on any atom is 0.422 e. The summed E-state index contributed by atoms with van der Waals surface area (Å²) in [7, 11) is 0. The smallest absolute Gasteiger partial charge is 0.422 e. The van der Waals surface area contributed by atoms with Gasteiger partial charge < -0.3 is 4.74 Å². The fraction of sp³-hybridized carbons (Fsp3) is 0.238. The third-order valence-electron chi connectivity index (χ3n) is 4.14. The SMILES string of the molecule is CCCc1ccc(-c2ccc3c(F)c(OCC(F)(F)F)ccc3c2)cc1. The maximum atomic E-state index is 14.4. The quantitative estimate of drug-likeness (QED) is 0.468. The van der Waals surface area contributed by atoms with Gasteiger partial charge >= 0.3 is 6.18 Å². The van der Waals surface area contributed by atoms with Gasteiger partial charge in [-0.1, -0.05) is 55.8 Å². The Morgan fingerprint density at radius 3 is 2.23 bits per heavy atom. The largest absolute Gasteiger partial charge is 0.481 e. The molecular formula is C21H18F4O. The lowest BCUT2D eigenvalue weighted by Crippen LogP contribution is -2.19.